The van der Waals surface area contributed by atoms with Gasteiger partial charge in [0.1, 0.15) is 26.2 Å². The molecule has 1 heterocycles. The number of halogens is 1. The molecule has 3 rings (SSSR count). The molecule has 0 radical (unpaired) electrons. The summed E-state index contributed by atoms with van der Waals surface area (Å²) in [5, 5.41) is 3.43. The van der Waals surface area contributed by atoms with Crippen molar-refractivity contribution in [3.63, 3.8) is 0 Å². The Kier molecular flexibility index (Phi) is 8.25. The highest BCUT2D eigenvalue weighted by Crippen LogP contribution is 2.19. The van der Waals surface area contributed by atoms with Crippen molar-refractivity contribution in [3.05, 3.63) is 65.2 Å². The van der Waals surface area contributed by atoms with Crippen LogP contribution in [0.5, 0.6) is 0 Å². The Morgan fingerprint density at radius 3 is 2.17 bits per heavy atom. The van der Waals surface area contributed by atoms with Crippen LogP contribution >= 0.6 is 11.6 Å². The van der Waals surface area contributed by atoms with Crippen molar-refractivity contribution in [3.8, 4) is 0 Å². The maximum Gasteiger partial charge on any atom is 0.279 e. The molecule has 3 N–H and O–H groups in total. The number of carbonyl (C=O) groups is 2. The average Bonchev–Trinajstić information content (AvgIpc) is 2.75. The molecule has 0 aliphatic carbocycles. The number of nitrogens with zero attached hydrogens (tertiary/aromatic N) is 1. The Morgan fingerprint density at radius 1 is 0.933 bits per heavy atom. The summed E-state index contributed by atoms with van der Waals surface area (Å²) >= 11 is 6.11. The molecule has 30 heavy (non-hydrogen) atoms. The number of benzene rings is 2. The predicted molar refractivity (Wildman–Crippen MR) is 119 cm³/mol. The third-order valence-corrected chi connectivity index (χ3v) is 5.90. The quantitative estimate of drug-likeness (QED) is 0.557. The molecular formula is C23H31ClN4O2+2. The summed E-state index contributed by atoms with van der Waals surface area (Å²) in [6.45, 7) is 7.86. The van der Waals surface area contributed by atoms with Gasteiger partial charge >= 0.3 is 0 Å². The molecule has 1 aliphatic heterocycles. The first-order valence-electron chi connectivity index (χ1n) is 10.6. The van der Waals surface area contributed by atoms with Crippen LogP contribution in [0.2, 0.25) is 5.02 Å². The SMILES string of the molecule is CCN(Cc1ccccc1)C(=O)C[NH+]1CC[NH+](CC(=O)Nc2ccccc2Cl)CC1. The zero-order valence-corrected chi connectivity index (χ0v) is 18.3. The molecule has 160 valence electrons. The average molecular weight is 431 g/mol. The second kappa shape index (κ2) is 11.1. The van der Waals surface area contributed by atoms with Crippen molar-refractivity contribution < 1.29 is 19.4 Å². The zero-order valence-electron chi connectivity index (χ0n) is 17.5. The van der Waals surface area contributed by atoms with Crippen LogP contribution in [0.15, 0.2) is 54.6 Å². The smallest absolute Gasteiger partial charge is 0.279 e. The topological polar surface area (TPSA) is 58.3 Å². The summed E-state index contributed by atoms with van der Waals surface area (Å²) < 4.78 is 0. The summed E-state index contributed by atoms with van der Waals surface area (Å²) in [7, 11) is 0. The summed E-state index contributed by atoms with van der Waals surface area (Å²) in [6.07, 6.45) is 0. The summed E-state index contributed by atoms with van der Waals surface area (Å²) in [5.41, 5.74) is 1.80. The molecule has 0 atom stereocenters. The number of nitrogens with one attached hydrogen (secondary N) is 3. The van der Waals surface area contributed by atoms with E-state index < -0.39 is 0 Å². The van der Waals surface area contributed by atoms with Gasteiger partial charge in [-0.25, -0.2) is 0 Å². The number of para-hydroxylation sites is 1. The highest BCUT2D eigenvalue weighted by atomic mass is 35.5. The predicted octanol–water partition coefficient (Wildman–Crippen LogP) is 0.111. The van der Waals surface area contributed by atoms with Gasteiger partial charge in [-0.3, -0.25) is 9.59 Å². The number of likely N-dealkylation sites (N-methyl/N-ethyl adjacent to an activating group) is 1. The van der Waals surface area contributed by atoms with E-state index in [9.17, 15) is 9.59 Å². The van der Waals surface area contributed by atoms with E-state index in [1.807, 2.05) is 42.2 Å². The van der Waals surface area contributed by atoms with Crippen LogP contribution in [-0.2, 0) is 16.1 Å². The third-order valence-electron chi connectivity index (χ3n) is 5.57. The number of hydrogen-bond acceptors (Lipinski definition) is 2. The number of quaternary nitrogens is 2. The molecule has 2 amide bonds. The van der Waals surface area contributed by atoms with Crippen molar-refractivity contribution in [1.82, 2.24) is 4.90 Å². The Morgan fingerprint density at radius 2 is 1.53 bits per heavy atom. The maximum absolute atomic E-state index is 12.8. The molecule has 1 aliphatic rings. The molecular weight excluding hydrogens is 400 g/mol. The van der Waals surface area contributed by atoms with Gasteiger partial charge in [0.05, 0.1) is 10.7 Å². The van der Waals surface area contributed by atoms with Gasteiger partial charge in [-0.1, -0.05) is 54.1 Å². The lowest BCUT2D eigenvalue weighted by atomic mass is 10.2. The molecule has 1 saturated heterocycles. The normalized spacial score (nSPS) is 18.6. The van der Waals surface area contributed by atoms with Crippen molar-refractivity contribution in [1.29, 1.82) is 0 Å². The number of carbonyl (C=O) groups excluding carboxylic acids is 2. The fourth-order valence-electron chi connectivity index (χ4n) is 3.80. The Balaban J connectivity index is 1.42. The summed E-state index contributed by atoms with van der Waals surface area (Å²) in [6, 6.07) is 17.4. The van der Waals surface area contributed by atoms with Gasteiger partial charge in [-0.2, -0.15) is 0 Å². The second-order valence-electron chi connectivity index (χ2n) is 7.78. The molecule has 2 aromatic carbocycles. The van der Waals surface area contributed by atoms with E-state index >= 15 is 0 Å². The molecule has 0 spiro atoms. The minimum absolute atomic E-state index is 0.0300. The van der Waals surface area contributed by atoms with Crippen LogP contribution in [0.1, 0.15) is 12.5 Å². The van der Waals surface area contributed by atoms with Crippen LogP contribution in [0.4, 0.5) is 5.69 Å². The van der Waals surface area contributed by atoms with Gasteiger partial charge in [0, 0.05) is 13.1 Å². The monoisotopic (exact) mass is 430 g/mol. The highest BCUT2D eigenvalue weighted by molar-refractivity contribution is 6.33. The van der Waals surface area contributed by atoms with E-state index in [0.717, 1.165) is 31.7 Å². The third kappa shape index (κ3) is 6.55. The van der Waals surface area contributed by atoms with E-state index in [2.05, 4.69) is 17.4 Å². The fourth-order valence-corrected chi connectivity index (χ4v) is 3.98. The van der Waals surface area contributed by atoms with E-state index in [0.29, 0.717) is 36.9 Å². The minimum Gasteiger partial charge on any atom is -0.334 e. The van der Waals surface area contributed by atoms with E-state index in [1.54, 1.807) is 12.1 Å². The van der Waals surface area contributed by atoms with Crippen LogP contribution in [0, 0.1) is 0 Å². The zero-order chi connectivity index (χ0) is 21.3. The lowest BCUT2D eigenvalue weighted by Crippen LogP contribution is -3.28. The van der Waals surface area contributed by atoms with E-state index in [-0.39, 0.29) is 11.8 Å². The molecule has 2 aromatic rings. The Labute approximate surface area is 183 Å². The molecule has 0 aromatic heterocycles. The Hall–Kier alpha value is -2.41. The first-order chi connectivity index (χ1) is 14.5. The lowest BCUT2D eigenvalue weighted by molar-refractivity contribution is -1.00. The van der Waals surface area contributed by atoms with Gasteiger partial charge in [0.15, 0.2) is 13.1 Å². The number of piperazine rings is 1. The molecule has 1 fully saturated rings. The van der Waals surface area contributed by atoms with E-state index in [4.69, 9.17) is 11.6 Å². The minimum atomic E-state index is -0.0300. The molecule has 0 bridgehead atoms. The molecule has 7 heteroatoms. The first kappa shape index (κ1) is 22.3. The number of hydrogen-bond donors (Lipinski definition) is 3. The highest BCUT2D eigenvalue weighted by Gasteiger charge is 2.27. The van der Waals surface area contributed by atoms with Crippen molar-refractivity contribution in [2.45, 2.75) is 13.5 Å². The number of anilines is 1. The van der Waals surface area contributed by atoms with Gasteiger partial charge < -0.3 is 20.0 Å². The standard InChI is InChI=1S/C23H29ClN4O2/c1-2-28(16-19-8-4-3-5-9-19)23(30)18-27-14-12-26(13-15-27)17-22(29)25-21-11-7-6-10-20(21)24/h3-11H,2,12-18H2,1H3,(H,25,29)/p+2. The largest absolute Gasteiger partial charge is 0.334 e. The first-order valence-corrected chi connectivity index (χ1v) is 11.0. The maximum atomic E-state index is 12.8. The van der Waals surface area contributed by atoms with Gasteiger partial charge in [0.25, 0.3) is 11.8 Å². The summed E-state index contributed by atoms with van der Waals surface area (Å²) in [4.78, 5) is 29.6. The molecule has 6 nitrogen and oxygen atoms in total. The number of rotatable bonds is 8. The van der Waals surface area contributed by atoms with Crippen molar-refractivity contribution >= 4 is 29.1 Å². The fraction of sp³-hybridized carbons (Fsp3) is 0.391. The van der Waals surface area contributed by atoms with Crippen LogP contribution < -0.4 is 15.1 Å². The number of amides is 2. The van der Waals surface area contributed by atoms with Crippen molar-refractivity contribution in [2.24, 2.45) is 0 Å². The second-order valence-corrected chi connectivity index (χ2v) is 8.18. The van der Waals surface area contributed by atoms with Crippen molar-refractivity contribution in [2.75, 3.05) is 51.1 Å². The van der Waals surface area contributed by atoms with E-state index in [1.165, 1.54) is 9.80 Å². The van der Waals surface area contributed by atoms with Gasteiger partial charge in [-0.15, -0.1) is 0 Å². The lowest BCUT2D eigenvalue weighted by Gasteiger charge is -2.30. The molecule has 0 saturated carbocycles. The van der Waals surface area contributed by atoms with Crippen LogP contribution in [0.25, 0.3) is 0 Å². The molecule has 0 unspecified atom stereocenters. The summed E-state index contributed by atoms with van der Waals surface area (Å²) in [5.74, 6) is 0.161. The van der Waals surface area contributed by atoms with Gasteiger partial charge in [-0.05, 0) is 24.6 Å². The van der Waals surface area contributed by atoms with Gasteiger partial charge in [0.2, 0.25) is 0 Å². The van der Waals surface area contributed by atoms with Crippen LogP contribution in [-0.4, -0.2) is 62.5 Å². The Bertz CT molecular complexity index is 838. The van der Waals surface area contributed by atoms with Crippen LogP contribution in [0.3, 0.4) is 0 Å².